The number of phosphoric ester groups is 1. The fourth-order valence-electron chi connectivity index (χ4n) is 4.16. The predicted molar refractivity (Wildman–Crippen MR) is 135 cm³/mol. The Bertz CT molecular complexity index is 1590. The Hall–Kier alpha value is -2.41. The monoisotopic (exact) mass is 577 g/mol. The Kier molecular flexibility index (Phi) is 6.48. The van der Waals surface area contributed by atoms with Crippen LogP contribution >= 0.6 is 7.82 Å². The number of nitrogens with one attached hydrogen (secondary N) is 1. The van der Waals surface area contributed by atoms with E-state index in [4.69, 9.17) is 22.4 Å². The number of aliphatic hydroxyl groups excluding tert-OH is 2. The molecule has 39 heavy (non-hydrogen) atoms. The molecule has 2 aliphatic heterocycles. The molecule has 4 rings (SSSR count). The Morgan fingerprint density at radius 3 is 2.51 bits per heavy atom. The molecule has 1 saturated heterocycles. The Morgan fingerprint density at radius 1 is 1.28 bits per heavy atom. The second-order valence-corrected chi connectivity index (χ2v) is 12.9. The molecule has 0 spiro atoms. The summed E-state index contributed by atoms with van der Waals surface area (Å²) in [6.07, 6.45) is -5.95. The summed E-state index contributed by atoms with van der Waals surface area (Å²) in [5, 5.41) is 19.9. The third kappa shape index (κ3) is 5.75. The van der Waals surface area contributed by atoms with Crippen molar-refractivity contribution in [3.05, 3.63) is 61.2 Å². The highest BCUT2D eigenvalue weighted by Crippen LogP contribution is 2.58. The van der Waals surface area contributed by atoms with Crippen molar-refractivity contribution < 1.29 is 46.0 Å². The van der Waals surface area contributed by atoms with Gasteiger partial charge in [0, 0.05) is 18.2 Å². The van der Waals surface area contributed by atoms with Gasteiger partial charge in [0.25, 0.3) is 5.56 Å². The van der Waals surface area contributed by atoms with Gasteiger partial charge in [0.2, 0.25) is 5.85 Å². The van der Waals surface area contributed by atoms with Gasteiger partial charge in [-0.05, 0) is 22.5 Å². The molecule has 0 aliphatic carbocycles. The van der Waals surface area contributed by atoms with Crippen LogP contribution in [0.2, 0.25) is 0 Å². The number of nitrogens with zero attached hydrogens (tertiary/aromatic N) is 1. The quantitative estimate of drug-likeness (QED) is 0.454. The van der Waals surface area contributed by atoms with Crippen molar-refractivity contribution in [2.75, 3.05) is 6.56 Å². The van der Waals surface area contributed by atoms with E-state index in [1.807, 2.05) is 0 Å². The number of aromatic amines is 1. The first kappa shape index (κ1) is 25.6. The van der Waals surface area contributed by atoms with E-state index >= 15 is 8.78 Å². The van der Waals surface area contributed by atoms with Gasteiger partial charge >= 0.3 is 13.5 Å². The first-order chi connectivity index (χ1) is 19.0. The third-order valence-corrected chi connectivity index (χ3v) is 7.40. The van der Waals surface area contributed by atoms with Crippen LogP contribution < -0.4 is 15.8 Å². The number of aromatic nitrogens is 2. The van der Waals surface area contributed by atoms with Gasteiger partial charge in [-0.3, -0.25) is 23.4 Å². The zero-order chi connectivity index (χ0) is 31.8. The highest BCUT2D eigenvalue weighted by atomic mass is 31.2. The van der Waals surface area contributed by atoms with E-state index in [-0.39, 0.29) is 15.9 Å². The minimum Gasteiger partial charge on any atom is -0.403 e. The minimum absolute atomic E-state index is 0.0900. The van der Waals surface area contributed by atoms with Crippen LogP contribution in [0.4, 0.5) is 8.78 Å². The number of rotatable bonds is 5. The molecule has 1 aromatic heterocycles. The van der Waals surface area contributed by atoms with Crippen LogP contribution in [0.25, 0.3) is 0 Å². The lowest BCUT2D eigenvalue weighted by Crippen LogP contribution is -2.37. The van der Waals surface area contributed by atoms with E-state index in [1.165, 1.54) is 0 Å². The molecule has 4 atom stereocenters. The van der Waals surface area contributed by atoms with Crippen molar-refractivity contribution in [1.82, 2.24) is 9.55 Å². The maximum atomic E-state index is 16.1. The lowest BCUT2D eigenvalue weighted by molar-refractivity contribution is -0.179. The third-order valence-electron chi connectivity index (χ3n) is 6.24. The summed E-state index contributed by atoms with van der Waals surface area (Å²) in [6.45, 7) is 5.44. The fraction of sp³-hybridized carbons (Fsp3) is 0.600. The van der Waals surface area contributed by atoms with E-state index in [0.29, 0.717) is 17.3 Å². The second kappa shape index (κ2) is 9.90. The molecule has 216 valence electrons. The average Bonchev–Trinajstić information content (AvgIpc) is 3.07. The van der Waals surface area contributed by atoms with E-state index in [1.54, 1.807) is 52.6 Å². The van der Waals surface area contributed by atoms with Crippen molar-refractivity contribution in [2.45, 2.75) is 90.2 Å². The SMILES string of the molecule is [2H]C([2H])(OP1(=O)OCc2c(F)c(C(C)(C)C)cc(C(C)(C)C)c2O1)[C@]1(F)C[C@@H](O)[C@]([2H])(n2cc(CO)c(=O)[nH]c2=O)O1. The number of H-pyrrole nitrogens is 1. The maximum Gasteiger partial charge on any atom is 0.530 e. The summed E-state index contributed by atoms with van der Waals surface area (Å²) >= 11 is 0. The second-order valence-electron chi connectivity index (χ2n) is 11.4. The number of alkyl halides is 1. The van der Waals surface area contributed by atoms with Gasteiger partial charge in [-0.25, -0.2) is 18.1 Å². The number of hydrogen-bond acceptors (Lipinski definition) is 9. The number of phosphoric acid groups is 1. The zero-order valence-electron chi connectivity index (χ0n) is 25.3. The van der Waals surface area contributed by atoms with Crippen molar-refractivity contribution in [1.29, 1.82) is 0 Å². The summed E-state index contributed by atoms with van der Waals surface area (Å²) in [5.74, 6) is -4.64. The van der Waals surface area contributed by atoms with Crippen LogP contribution in [0.1, 0.15) is 80.5 Å². The van der Waals surface area contributed by atoms with E-state index in [9.17, 15) is 24.4 Å². The highest BCUT2D eigenvalue weighted by molar-refractivity contribution is 7.49. The predicted octanol–water partition coefficient (Wildman–Crippen LogP) is 3.44. The molecule has 3 N–H and O–H groups in total. The smallest absolute Gasteiger partial charge is 0.403 e. The number of hydrogen-bond donors (Lipinski definition) is 3. The lowest BCUT2D eigenvalue weighted by Gasteiger charge is -2.34. The molecule has 3 heterocycles. The summed E-state index contributed by atoms with van der Waals surface area (Å²) in [4.78, 5) is 26.0. The van der Waals surface area contributed by atoms with E-state index in [0.717, 1.165) is 0 Å². The van der Waals surface area contributed by atoms with Crippen LogP contribution in [0.3, 0.4) is 0 Å². The zero-order valence-corrected chi connectivity index (χ0v) is 23.2. The molecule has 1 unspecified atom stereocenters. The fourth-order valence-corrected chi connectivity index (χ4v) is 5.27. The van der Waals surface area contributed by atoms with Crippen LogP contribution in [0, 0.1) is 5.82 Å². The molecule has 0 amide bonds. The number of ether oxygens (including phenoxy) is 1. The largest absolute Gasteiger partial charge is 0.530 e. The van der Waals surface area contributed by atoms with Gasteiger partial charge < -0.3 is 19.5 Å². The lowest BCUT2D eigenvalue weighted by atomic mass is 9.78. The summed E-state index contributed by atoms with van der Waals surface area (Å²) < 4.78 is 91.0. The van der Waals surface area contributed by atoms with E-state index in [2.05, 4.69) is 0 Å². The van der Waals surface area contributed by atoms with E-state index < -0.39 is 85.6 Å². The van der Waals surface area contributed by atoms with Crippen LogP contribution in [-0.2, 0) is 42.4 Å². The van der Waals surface area contributed by atoms with Gasteiger partial charge in [0.05, 0.1) is 28.5 Å². The Balaban J connectivity index is 1.71. The summed E-state index contributed by atoms with van der Waals surface area (Å²) in [5.41, 5.74) is -3.45. The standard InChI is InChI=1S/C25H33F2N2O9P/c1-23(2,3)15-7-16(24(4,5)6)19-14(18(15)26)11-35-39(34,38-19)36-12-25(27)8-17(31)21(37-25)29-9-13(10-30)20(32)28-22(29)33/h7,9,17,21,30-31H,8,10-12H2,1-6H3,(H,28,32,33)/t17-,21-,25+,39?/m1/s1/i12D2,21D. The molecule has 1 fully saturated rings. The first-order valence-corrected chi connectivity index (χ1v) is 13.5. The van der Waals surface area contributed by atoms with Crippen LogP contribution in [-0.4, -0.2) is 38.3 Å². The Labute approximate surface area is 227 Å². The molecular weight excluding hydrogens is 541 g/mol. The molecule has 2 aromatic rings. The molecule has 11 nitrogen and oxygen atoms in total. The molecular formula is C25H33F2N2O9P. The van der Waals surface area contributed by atoms with Gasteiger partial charge in [0.1, 0.15) is 24.2 Å². The summed E-state index contributed by atoms with van der Waals surface area (Å²) in [6, 6.07) is 1.54. The van der Waals surface area contributed by atoms with Gasteiger partial charge in [-0.2, -0.15) is 0 Å². The van der Waals surface area contributed by atoms with Crippen molar-refractivity contribution in [3.63, 3.8) is 0 Å². The molecule has 0 bridgehead atoms. The summed E-state index contributed by atoms with van der Waals surface area (Å²) in [7, 11) is -5.05. The topological polar surface area (TPSA) is 149 Å². The van der Waals surface area contributed by atoms with Crippen molar-refractivity contribution >= 4 is 7.82 Å². The average molecular weight is 578 g/mol. The highest BCUT2D eigenvalue weighted by Gasteiger charge is 2.51. The molecule has 2 aliphatic rings. The first-order valence-electron chi connectivity index (χ1n) is 13.5. The van der Waals surface area contributed by atoms with Gasteiger partial charge in [-0.1, -0.05) is 41.5 Å². The minimum atomic E-state index is -5.05. The van der Waals surface area contributed by atoms with Gasteiger partial charge in [0.15, 0.2) is 6.20 Å². The van der Waals surface area contributed by atoms with Crippen LogP contribution in [0.15, 0.2) is 21.9 Å². The number of fused-ring (bicyclic) bond motifs is 1. The van der Waals surface area contributed by atoms with Gasteiger partial charge in [-0.15, -0.1) is 0 Å². The molecule has 1 aromatic carbocycles. The van der Waals surface area contributed by atoms with Crippen molar-refractivity contribution in [3.8, 4) is 5.75 Å². The number of benzene rings is 1. The molecule has 0 radical (unpaired) electrons. The normalized spacial score (nSPS) is 30.7. The Morgan fingerprint density at radius 2 is 1.92 bits per heavy atom. The molecule has 0 saturated carbocycles. The maximum absolute atomic E-state index is 16.1. The number of aliphatic hydroxyl groups is 2. The van der Waals surface area contributed by atoms with Crippen molar-refractivity contribution in [2.24, 2.45) is 0 Å². The molecule has 14 heteroatoms. The van der Waals surface area contributed by atoms with Crippen LogP contribution in [0.5, 0.6) is 5.75 Å². The number of halogens is 2.